The molecule has 0 radical (unpaired) electrons. The van der Waals surface area contributed by atoms with Crippen LogP contribution in [0.5, 0.6) is 0 Å². The molecule has 5 nitrogen and oxygen atoms in total. The third-order valence-corrected chi connectivity index (χ3v) is 6.29. The molecule has 0 amide bonds. The second-order valence-electron chi connectivity index (χ2n) is 6.60. The number of pyridine rings is 1. The van der Waals surface area contributed by atoms with E-state index >= 15 is 0 Å². The minimum Gasteiger partial charge on any atom is -0.368 e. The van der Waals surface area contributed by atoms with Crippen molar-refractivity contribution in [1.82, 2.24) is 14.8 Å². The smallest absolute Gasteiger partial charge is 0.150 e. The van der Waals surface area contributed by atoms with Crippen molar-refractivity contribution >= 4 is 43.3 Å². The van der Waals surface area contributed by atoms with Crippen LogP contribution in [0, 0.1) is 0 Å². The van der Waals surface area contributed by atoms with Gasteiger partial charge in [0.05, 0.1) is 20.8 Å². The molecule has 3 aromatic heterocycles. The summed E-state index contributed by atoms with van der Waals surface area (Å²) in [6.45, 7) is 5.04. The van der Waals surface area contributed by atoms with E-state index in [-0.39, 0.29) is 6.23 Å². The highest BCUT2D eigenvalue weighted by atomic mass is 79.9. The number of thiophene rings is 1. The molecule has 1 N–H and O–H groups in total. The first-order valence-corrected chi connectivity index (χ1v) is 10.2. The van der Waals surface area contributed by atoms with Crippen LogP contribution in [-0.4, -0.2) is 27.4 Å². The minimum atomic E-state index is 0.0403. The van der Waals surface area contributed by atoms with Crippen LogP contribution in [0.3, 0.4) is 0 Å². The van der Waals surface area contributed by atoms with E-state index in [0.717, 1.165) is 50.5 Å². The van der Waals surface area contributed by atoms with Crippen LogP contribution in [0.25, 0.3) is 20.8 Å². The fourth-order valence-electron chi connectivity index (χ4n) is 3.13. The van der Waals surface area contributed by atoms with E-state index in [1.807, 2.05) is 16.9 Å². The second-order valence-corrected chi connectivity index (χ2v) is 8.50. The number of hydrogen-bond donors (Lipinski definition) is 1. The third-order valence-electron chi connectivity index (χ3n) is 4.22. The molecule has 1 fully saturated rings. The Kier molecular flexibility index (Phi) is 4.80. The molecule has 0 saturated carbocycles. The van der Waals surface area contributed by atoms with Crippen LogP contribution in [0.2, 0.25) is 0 Å². The summed E-state index contributed by atoms with van der Waals surface area (Å²) in [5, 5.41) is 7.89. The summed E-state index contributed by atoms with van der Waals surface area (Å²) in [6.07, 6.45) is 5.24. The van der Waals surface area contributed by atoms with E-state index in [9.17, 15) is 0 Å². The first-order valence-electron chi connectivity index (χ1n) is 8.64. The Hall–Kier alpha value is -1.44. The van der Waals surface area contributed by atoms with Gasteiger partial charge in [0.15, 0.2) is 6.23 Å². The van der Waals surface area contributed by atoms with Gasteiger partial charge in [-0.25, -0.2) is 9.67 Å². The highest BCUT2D eigenvalue weighted by molar-refractivity contribution is 9.10. The van der Waals surface area contributed by atoms with Crippen LogP contribution in [0.1, 0.15) is 39.3 Å². The summed E-state index contributed by atoms with van der Waals surface area (Å²) >= 11 is 5.43. The number of nitrogens with zero attached hydrogens (tertiary/aromatic N) is 3. The van der Waals surface area contributed by atoms with Gasteiger partial charge in [-0.3, -0.25) is 0 Å². The Morgan fingerprint density at radius 2 is 2.24 bits per heavy atom. The summed E-state index contributed by atoms with van der Waals surface area (Å²) in [4.78, 5) is 5.92. The second kappa shape index (κ2) is 7.05. The highest BCUT2D eigenvalue weighted by Crippen LogP contribution is 2.39. The van der Waals surface area contributed by atoms with Crippen molar-refractivity contribution in [2.45, 2.75) is 45.4 Å². The zero-order valence-corrected chi connectivity index (χ0v) is 16.7. The molecule has 1 unspecified atom stereocenters. The predicted octanol–water partition coefficient (Wildman–Crippen LogP) is 5.44. The van der Waals surface area contributed by atoms with Crippen LogP contribution in [0.15, 0.2) is 28.9 Å². The Labute approximate surface area is 159 Å². The monoisotopic (exact) mass is 420 g/mol. The predicted molar refractivity (Wildman–Crippen MR) is 106 cm³/mol. The molecule has 1 atom stereocenters. The van der Waals surface area contributed by atoms with E-state index in [2.05, 4.69) is 52.3 Å². The molecule has 0 aromatic carbocycles. The van der Waals surface area contributed by atoms with E-state index in [4.69, 9.17) is 9.72 Å². The summed E-state index contributed by atoms with van der Waals surface area (Å²) in [5.41, 5.74) is 2.09. The molecule has 1 aliphatic rings. The number of hydrogen-bond acceptors (Lipinski definition) is 5. The standard InChI is InChI=1S/C18H21BrN4OS/c1-11(2)21-16-9-12(19)18-13(22-16)10-15(25-18)14-6-7-20-23(14)17-5-3-4-8-24-17/h6-7,9-11,17H,3-5,8H2,1-2H3,(H,21,22). The van der Waals surface area contributed by atoms with Crippen molar-refractivity contribution < 1.29 is 4.74 Å². The van der Waals surface area contributed by atoms with Gasteiger partial charge >= 0.3 is 0 Å². The molecule has 25 heavy (non-hydrogen) atoms. The van der Waals surface area contributed by atoms with E-state index in [1.165, 1.54) is 6.42 Å². The van der Waals surface area contributed by atoms with Gasteiger partial charge in [0, 0.05) is 23.3 Å². The zero-order chi connectivity index (χ0) is 17.4. The Balaban J connectivity index is 1.73. The van der Waals surface area contributed by atoms with Crippen LogP contribution in [-0.2, 0) is 4.74 Å². The molecule has 0 spiro atoms. The summed E-state index contributed by atoms with van der Waals surface area (Å²) < 4.78 is 10.2. The first kappa shape index (κ1) is 17.0. The molecule has 1 aliphatic heterocycles. The van der Waals surface area contributed by atoms with Crippen molar-refractivity contribution in [3.05, 3.63) is 28.9 Å². The molecular formula is C18H21BrN4OS. The zero-order valence-electron chi connectivity index (χ0n) is 14.3. The van der Waals surface area contributed by atoms with Gasteiger partial charge in [0.2, 0.25) is 0 Å². The molecule has 7 heteroatoms. The third kappa shape index (κ3) is 3.45. The maximum atomic E-state index is 5.92. The Morgan fingerprint density at radius 1 is 1.36 bits per heavy atom. The van der Waals surface area contributed by atoms with Gasteiger partial charge in [-0.05, 0) is 67.2 Å². The minimum absolute atomic E-state index is 0.0403. The molecule has 4 rings (SSSR count). The Bertz CT molecular complexity index is 882. The largest absolute Gasteiger partial charge is 0.368 e. The molecule has 0 bridgehead atoms. The number of anilines is 1. The Morgan fingerprint density at radius 3 is 3.00 bits per heavy atom. The summed E-state index contributed by atoms with van der Waals surface area (Å²) in [5.74, 6) is 0.892. The first-order chi connectivity index (χ1) is 12.1. The van der Waals surface area contributed by atoms with Crippen LogP contribution < -0.4 is 5.32 Å². The molecule has 3 aromatic rings. The number of fused-ring (bicyclic) bond motifs is 1. The van der Waals surface area contributed by atoms with Crippen molar-refractivity contribution in [2.24, 2.45) is 0 Å². The van der Waals surface area contributed by atoms with E-state index in [1.54, 1.807) is 11.3 Å². The lowest BCUT2D eigenvalue weighted by atomic mass is 10.2. The average molecular weight is 421 g/mol. The normalized spacial score (nSPS) is 18.2. The number of halogens is 1. The van der Waals surface area contributed by atoms with Crippen molar-refractivity contribution in [1.29, 1.82) is 0 Å². The van der Waals surface area contributed by atoms with Crippen LogP contribution in [0.4, 0.5) is 5.82 Å². The topological polar surface area (TPSA) is 52.0 Å². The molecule has 132 valence electrons. The number of ether oxygens (including phenoxy) is 1. The summed E-state index contributed by atoms with van der Waals surface area (Å²) in [6, 6.07) is 6.60. The molecular weight excluding hydrogens is 400 g/mol. The van der Waals surface area contributed by atoms with Gasteiger partial charge in [-0.1, -0.05) is 0 Å². The fraction of sp³-hybridized carbons (Fsp3) is 0.444. The lowest BCUT2D eigenvalue weighted by molar-refractivity contribution is -0.0383. The van der Waals surface area contributed by atoms with Crippen LogP contribution >= 0.6 is 27.3 Å². The quantitative estimate of drug-likeness (QED) is 0.610. The maximum absolute atomic E-state index is 5.92. The summed E-state index contributed by atoms with van der Waals surface area (Å²) in [7, 11) is 0. The number of nitrogens with one attached hydrogen (secondary N) is 1. The molecule has 4 heterocycles. The lowest BCUT2D eigenvalue weighted by Gasteiger charge is -2.24. The molecule has 1 saturated heterocycles. The van der Waals surface area contributed by atoms with Gasteiger partial charge < -0.3 is 10.1 Å². The highest BCUT2D eigenvalue weighted by Gasteiger charge is 2.21. The maximum Gasteiger partial charge on any atom is 0.150 e. The average Bonchev–Trinajstić information content (AvgIpc) is 3.21. The van der Waals surface area contributed by atoms with Crippen molar-refractivity contribution in [2.75, 3.05) is 11.9 Å². The van der Waals surface area contributed by atoms with Gasteiger partial charge in [-0.2, -0.15) is 5.10 Å². The molecule has 0 aliphatic carbocycles. The van der Waals surface area contributed by atoms with Crippen molar-refractivity contribution in [3.63, 3.8) is 0 Å². The fourth-order valence-corrected chi connectivity index (χ4v) is 4.82. The van der Waals surface area contributed by atoms with E-state index < -0.39 is 0 Å². The van der Waals surface area contributed by atoms with Gasteiger partial charge in [0.25, 0.3) is 0 Å². The number of rotatable bonds is 4. The lowest BCUT2D eigenvalue weighted by Crippen LogP contribution is -2.19. The SMILES string of the molecule is CC(C)Nc1cc(Br)c2sc(-c3ccnn3C3CCCCO3)cc2n1. The van der Waals surface area contributed by atoms with Crippen molar-refractivity contribution in [3.8, 4) is 10.6 Å². The van der Waals surface area contributed by atoms with E-state index in [0.29, 0.717) is 6.04 Å². The van der Waals surface area contributed by atoms with Gasteiger partial charge in [-0.15, -0.1) is 11.3 Å². The van der Waals surface area contributed by atoms with Gasteiger partial charge in [0.1, 0.15) is 5.82 Å². The number of aromatic nitrogens is 3.